The van der Waals surface area contributed by atoms with Gasteiger partial charge < -0.3 is 21.3 Å². The standard InChI is InChI=1S/C25H27N3O3S.C2HF3O2/c26-23(27)16-10-11-22-18(13-16)20(14-32-22)19(12-15-6-2-1-3-7-15)24(29)28-21-9-5-4-8-17(21)25(30)31;3-2(4,5)1(6)7/h1-3,6-7,10-11,13-14,17,19,21H,4-5,8-9,12H2,(H3,26,27)(H,28,29)(H,30,31);(H,6,7)/t17-,19?,21?;/m1./s1. The average Bonchev–Trinajstić information content (AvgIpc) is 3.31. The van der Waals surface area contributed by atoms with E-state index in [2.05, 4.69) is 5.32 Å². The summed E-state index contributed by atoms with van der Waals surface area (Å²) in [5.41, 5.74) is 8.24. The lowest BCUT2D eigenvalue weighted by atomic mass is 9.83. The quantitative estimate of drug-likeness (QED) is 0.203. The molecule has 39 heavy (non-hydrogen) atoms. The maximum Gasteiger partial charge on any atom is 0.490 e. The number of carbonyl (C=O) groups excluding carboxylic acids is 1. The number of alkyl halides is 3. The van der Waals surface area contributed by atoms with Crippen molar-refractivity contribution in [1.29, 1.82) is 5.41 Å². The molecule has 0 bridgehead atoms. The molecule has 2 aromatic carbocycles. The molecular weight excluding hydrogens is 535 g/mol. The van der Waals surface area contributed by atoms with Crippen molar-refractivity contribution in [2.45, 2.75) is 50.2 Å². The van der Waals surface area contributed by atoms with E-state index in [-0.39, 0.29) is 17.8 Å². The molecule has 208 valence electrons. The first-order valence-electron chi connectivity index (χ1n) is 12.1. The number of rotatable bonds is 7. The lowest BCUT2D eigenvalue weighted by Crippen LogP contribution is -2.46. The van der Waals surface area contributed by atoms with E-state index in [4.69, 9.17) is 21.0 Å². The molecule has 0 saturated heterocycles. The third-order valence-electron chi connectivity index (χ3n) is 6.54. The van der Waals surface area contributed by atoms with Crippen LogP contribution in [0.3, 0.4) is 0 Å². The van der Waals surface area contributed by atoms with Crippen molar-refractivity contribution >= 4 is 45.1 Å². The molecule has 1 aromatic heterocycles. The Morgan fingerprint density at radius 2 is 1.72 bits per heavy atom. The summed E-state index contributed by atoms with van der Waals surface area (Å²) < 4.78 is 32.8. The molecule has 12 heteroatoms. The fraction of sp³-hybridized carbons (Fsp3) is 0.333. The highest BCUT2D eigenvalue weighted by Crippen LogP contribution is 2.35. The Bertz CT molecular complexity index is 1340. The SMILES string of the molecule is N=C(N)c1ccc2scc(C(Cc3ccccc3)C(=O)NC3CCCC[C@H]3C(=O)O)c2c1.O=C(O)C(F)(F)F. The van der Waals surface area contributed by atoms with Crippen molar-refractivity contribution in [3.05, 3.63) is 70.6 Å². The number of nitrogens with one attached hydrogen (secondary N) is 2. The van der Waals surface area contributed by atoms with Gasteiger partial charge in [0.2, 0.25) is 5.91 Å². The molecule has 1 heterocycles. The number of nitrogen functional groups attached to an aromatic ring is 1. The van der Waals surface area contributed by atoms with Gasteiger partial charge in [-0.2, -0.15) is 13.2 Å². The van der Waals surface area contributed by atoms with Crippen LogP contribution in [0, 0.1) is 11.3 Å². The predicted molar refractivity (Wildman–Crippen MR) is 141 cm³/mol. The highest BCUT2D eigenvalue weighted by Gasteiger charge is 2.38. The fourth-order valence-electron chi connectivity index (χ4n) is 4.56. The summed E-state index contributed by atoms with van der Waals surface area (Å²) in [5.74, 6) is -4.79. The maximum atomic E-state index is 13.6. The summed E-state index contributed by atoms with van der Waals surface area (Å²) in [7, 11) is 0. The van der Waals surface area contributed by atoms with Crippen molar-refractivity contribution in [3.63, 3.8) is 0 Å². The molecule has 0 aliphatic heterocycles. The molecule has 1 saturated carbocycles. The predicted octanol–water partition coefficient (Wildman–Crippen LogP) is 4.90. The summed E-state index contributed by atoms with van der Waals surface area (Å²) in [4.78, 5) is 34.2. The number of carboxylic acids is 2. The van der Waals surface area contributed by atoms with Crippen LogP contribution in [-0.4, -0.2) is 46.1 Å². The minimum absolute atomic E-state index is 0.0142. The van der Waals surface area contributed by atoms with Crippen molar-refractivity contribution in [1.82, 2.24) is 5.32 Å². The Hall–Kier alpha value is -3.93. The van der Waals surface area contributed by atoms with Gasteiger partial charge in [-0.25, -0.2) is 4.79 Å². The van der Waals surface area contributed by atoms with Crippen molar-refractivity contribution in [2.24, 2.45) is 11.7 Å². The number of hydrogen-bond donors (Lipinski definition) is 5. The summed E-state index contributed by atoms with van der Waals surface area (Å²) >= 11 is 1.56. The molecule has 4 rings (SSSR count). The number of carboxylic acid groups (broad SMARTS) is 2. The monoisotopic (exact) mass is 563 g/mol. The zero-order valence-corrected chi connectivity index (χ0v) is 21.5. The van der Waals surface area contributed by atoms with Gasteiger partial charge >= 0.3 is 18.1 Å². The molecule has 0 spiro atoms. The van der Waals surface area contributed by atoms with E-state index in [9.17, 15) is 27.9 Å². The Morgan fingerprint density at radius 3 is 2.31 bits per heavy atom. The molecule has 2 unspecified atom stereocenters. The number of nitrogens with two attached hydrogens (primary N) is 1. The summed E-state index contributed by atoms with van der Waals surface area (Å²) in [5, 5.41) is 30.5. The summed E-state index contributed by atoms with van der Waals surface area (Å²) in [6.45, 7) is 0. The molecule has 6 N–H and O–H groups in total. The highest BCUT2D eigenvalue weighted by atomic mass is 32.1. The van der Waals surface area contributed by atoms with E-state index in [0.29, 0.717) is 24.8 Å². The van der Waals surface area contributed by atoms with Crippen LogP contribution in [0.2, 0.25) is 0 Å². The number of fused-ring (bicyclic) bond motifs is 1. The third-order valence-corrected chi connectivity index (χ3v) is 7.52. The third kappa shape index (κ3) is 7.79. The van der Waals surface area contributed by atoms with Crippen molar-refractivity contribution in [2.75, 3.05) is 0 Å². The zero-order chi connectivity index (χ0) is 28.7. The number of benzene rings is 2. The summed E-state index contributed by atoms with van der Waals surface area (Å²) in [6, 6.07) is 15.1. The number of hydrogen-bond acceptors (Lipinski definition) is 5. The first-order valence-corrected chi connectivity index (χ1v) is 13.0. The van der Waals surface area contributed by atoms with E-state index in [1.165, 1.54) is 0 Å². The van der Waals surface area contributed by atoms with Gasteiger partial charge in [0, 0.05) is 16.3 Å². The van der Waals surface area contributed by atoms with Gasteiger partial charge in [0.1, 0.15) is 5.84 Å². The number of carbonyl (C=O) groups is 3. The lowest BCUT2D eigenvalue weighted by Gasteiger charge is -2.30. The minimum atomic E-state index is -5.08. The number of thiophene rings is 1. The van der Waals surface area contributed by atoms with Crippen LogP contribution >= 0.6 is 11.3 Å². The molecule has 3 atom stereocenters. The van der Waals surface area contributed by atoms with Crippen LogP contribution in [0.5, 0.6) is 0 Å². The Balaban J connectivity index is 0.000000532. The second-order valence-electron chi connectivity index (χ2n) is 9.21. The van der Waals surface area contributed by atoms with Crippen LogP contribution < -0.4 is 11.1 Å². The van der Waals surface area contributed by atoms with Crippen LogP contribution in [0.1, 0.15) is 48.3 Å². The number of amides is 1. The van der Waals surface area contributed by atoms with Crippen LogP contribution in [0.25, 0.3) is 10.1 Å². The summed E-state index contributed by atoms with van der Waals surface area (Å²) in [6.07, 6.45) is -1.51. The number of aliphatic carboxylic acids is 2. The molecular formula is C27H28F3N3O5S. The van der Waals surface area contributed by atoms with Gasteiger partial charge in [0.15, 0.2) is 0 Å². The van der Waals surface area contributed by atoms with Gasteiger partial charge in [-0.05, 0) is 59.4 Å². The maximum absolute atomic E-state index is 13.6. The van der Waals surface area contributed by atoms with Gasteiger partial charge in [-0.15, -0.1) is 11.3 Å². The van der Waals surface area contributed by atoms with Crippen molar-refractivity contribution < 1.29 is 37.8 Å². The number of amidine groups is 1. The van der Waals surface area contributed by atoms with Crippen LogP contribution in [-0.2, 0) is 20.8 Å². The second-order valence-corrected chi connectivity index (χ2v) is 10.1. The van der Waals surface area contributed by atoms with Crippen LogP contribution in [0.15, 0.2) is 53.9 Å². The molecule has 3 aromatic rings. The minimum Gasteiger partial charge on any atom is -0.481 e. The Kier molecular flexibility index (Phi) is 9.68. The van der Waals surface area contributed by atoms with E-state index in [0.717, 1.165) is 34.1 Å². The number of halogens is 3. The van der Waals surface area contributed by atoms with Crippen molar-refractivity contribution in [3.8, 4) is 0 Å². The topological polar surface area (TPSA) is 154 Å². The molecule has 8 nitrogen and oxygen atoms in total. The van der Waals surface area contributed by atoms with E-state index in [1.54, 1.807) is 11.3 Å². The van der Waals surface area contributed by atoms with Gasteiger partial charge in [0.05, 0.1) is 11.8 Å². The van der Waals surface area contributed by atoms with Gasteiger partial charge in [-0.1, -0.05) is 43.2 Å². The molecule has 1 aliphatic carbocycles. The average molecular weight is 564 g/mol. The lowest BCUT2D eigenvalue weighted by molar-refractivity contribution is -0.192. The fourth-order valence-corrected chi connectivity index (χ4v) is 5.56. The smallest absolute Gasteiger partial charge is 0.481 e. The Morgan fingerprint density at radius 1 is 1.08 bits per heavy atom. The molecule has 1 fully saturated rings. The normalized spacial score (nSPS) is 17.9. The molecule has 1 amide bonds. The van der Waals surface area contributed by atoms with E-state index in [1.807, 2.05) is 53.9 Å². The zero-order valence-electron chi connectivity index (χ0n) is 20.7. The van der Waals surface area contributed by atoms with Gasteiger partial charge in [0.25, 0.3) is 0 Å². The molecule has 0 radical (unpaired) electrons. The van der Waals surface area contributed by atoms with E-state index >= 15 is 0 Å². The van der Waals surface area contributed by atoms with Crippen LogP contribution in [0.4, 0.5) is 13.2 Å². The largest absolute Gasteiger partial charge is 0.490 e. The van der Waals surface area contributed by atoms with Gasteiger partial charge in [-0.3, -0.25) is 15.0 Å². The molecule has 1 aliphatic rings. The first kappa shape index (κ1) is 29.6. The second kappa shape index (κ2) is 12.7. The Labute approximate surface area is 226 Å². The van der Waals surface area contributed by atoms with E-state index < -0.39 is 30.0 Å². The first-order chi connectivity index (χ1) is 18.4. The highest BCUT2D eigenvalue weighted by molar-refractivity contribution is 7.17.